The molecular weight excluding hydrogens is 284 g/mol. The van der Waals surface area contributed by atoms with Crippen molar-refractivity contribution >= 4 is 21.7 Å². The van der Waals surface area contributed by atoms with Gasteiger partial charge in [-0.2, -0.15) is 0 Å². The number of aromatic hydroxyl groups is 1. The summed E-state index contributed by atoms with van der Waals surface area (Å²) in [6.45, 7) is 3.40. The molecular formula is C17H16O5. The lowest BCUT2D eigenvalue weighted by Gasteiger charge is -2.12. The largest absolute Gasteiger partial charge is 0.506 e. The Morgan fingerprint density at radius 1 is 1.05 bits per heavy atom. The second-order valence-electron chi connectivity index (χ2n) is 5.14. The maximum atomic E-state index is 12.5. The number of fused-ring (bicyclic) bond motifs is 2. The molecule has 5 heteroatoms. The third-order valence-corrected chi connectivity index (χ3v) is 3.93. The van der Waals surface area contributed by atoms with Crippen molar-refractivity contribution in [2.24, 2.45) is 0 Å². The van der Waals surface area contributed by atoms with Crippen LogP contribution in [0.25, 0.3) is 21.7 Å². The van der Waals surface area contributed by atoms with Crippen molar-refractivity contribution in [2.75, 3.05) is 14.2 Å². The summed E-state index contributed by atoms with van der Waals surface area (Å²) in [6.07, 6.45) is 0. The average molecular weight is 300 g/mol. The number of ether oxygens (including phenoxy) is 2. The van der Waals surface area contributed by atoms with E-state index in [1.54, 1.807) is 39.2 Å². The van der Waals surface area contributed by atoms with Crippen molar-refractivity contribution in [3.8, 4) is 17.2 Å². The molecule has 0 aliphatic heterocycles. The molecule has 3 aromatic rings. The molecule has 1 N–H and O–H groups in total. The summed E-state index contributed by atoms with van der Waals surface area (Å²) in [7, 11) is 3.05. The topological polar surface area (TPSA) is 68.9 Å². The van der Waals surface area contributed by atoms with Crippen LogP contribution in [0.15, 0.2) is 27.4 Å². The lowest BCUT2D eigenvalue weighted by Crippen LogP contribution is -2.07. The van der Waals surface area contributed by atoms with E-state index in [2.05, 4.69) is 0 Å². The number of rotatable bonds is 2. The molecule has 0 unspecified atom stereocenters. The highest BCUT2D eigenvalue weighted by molar-refractivity contribution is 6.06. The Balaban J connectivity index is 2.58. The van der Waals surface area contributed by atoms with E-state index >= 15 is 0 Å². The van der Waals surface area contributed by atoms with E-state index in [1.165, 1.54) is 7.11 Å². The van der Waals surface area contributed by atoms with Crippen molar-refractivity contribution < 1.29 is 19.0 Å². The fraction of sp³-hybridized carbons (Fsp3) is 0.235. The summed E-state index contributed by atoms with van der Waals surface area (Å²) < 4.78 is 16.2. The Morgan fingerprint density at radius 2 is 1.77 bits per heavy atom. The summed E-state index contributed by atoms with van der Waals surface area (Å²) in [6, 6.07) is 5.13. The molecule has 0 saturated heterocycles. The molecule has 3 rings (SSSR count). The van der Waals surface area contributed by atoms with Gasteiger partial charge in [-0.25, -0.2) is 0 Å². The first-order valence-corrected chi connectivity index (χ1v) is 6.79. The Morgan fingerprint density at radius 3 is 2.41 bits per heavy atom. The van der Waals surface area contributed by atoms with Crippen LogP contribution in [0.5, 0.6) is 17.2 Å². The molecule has 0 aliphatic rings. The van der Waals surface area contributed by atoms with Crippen LogP contribution in [0.3, 0.4) is 0 Å². The van der Waals surface area contributed by atoms with Crippen LogP contribution >= 0.6 is 0 Å². The summed E-state index contributed by atoms with van der Waals surface area (Å²) in [4.78, 5) is 12.5. The Labute approximate surface area is 126 Å². The highest BCUT2D eigenvalue weighted by atomic mass is 16.5. The molecule has 0 fully saturated rings. The monoisotopic (exact) mass is 300 g/mol. The molecule has 22 heavy (non-hydrogen) atoms. The zero-order chi connectivity index (χ0) is 16.0. The molecule has 2 aromatic carbocycles. The number of phenols is 1. The number of hydrogen-bond donors (Lipinski definition) is 1. The quantitative estimate of drug-likeness (QED) is 0.735. The van der Waals surface area contributed by atoms with Crippen LogP contribution in [-0.2, 0) is 0 Å². The predicted octanol–water partition coefficient (Wildman–Crippen LogP) is 3.29. The summed E-state index contributed by atoms with van der Waals surface area (Å²) in [5.74, 6) is 1.43. The fourth-order valence-electron chi connectivity index (χ4n) is 2.60. The lowest BCUT2D eigenvalue weighted by molar-refractivity contribution is 0.396. The van der Waals surface area contributed by atoms with Gasteiger partial charge in [-0.05, 0) is 31.4 Å². The zero-order valence-electron chi connectivity index (χ0n) is 12.8. The maximum absolute atomic E-state index is 12.5. The Bertz CT molecular complexity index is 953. The van der Waals surface area contributed by atoms with Crippen LogP contribution in [-0.4, -0.2) is 19.3 Å². The molecule has 1 aromatic heterocycles. The molecule has 0 bridgehead atoms. The maximum Gasteiger partial charge on any atom is 0.199 e. The summed E-state index contributed by atoms with van der Waals surface area (Å²) in [5.41, 5.74) is 0.582. The second-order valence-corrected chi connectivity index (χ2v) is 5.14. The van der Waals surface area contributed by atoms with E-state index in [-0.39, 0.29) is 16.6 Å². The van der Waals surface area contributed by atoms with Gasteiger partial charge in [0, 0.05) is 11.6 Å². The first kappa shape index (κ1) is 14.3. The average Bonchev–Trinajstić information content (AvgIpc) is 2.51. The Hall–Kier alpha value is -2.69. The molecule has 0 spiro atoms. The standard InChI is InChI=1S/C17H16O5/c1-8-9(2)22-13-6-10-5-11(20-3)7-12(21-4)14(10)17(19)15(13)16(8)18/h5-7,19H,1-4H3. The number of phenolic OH excluding ortho intramolecular Hbond substituents is 1. The SMILES string of the molecule is COc1cc(OC)c2c(O)c3c(=O)c(C)c(C)oc3cc2c1. The molecule has 0 amide bonds. The van der Waals surface area contributed by atoms with Crippen molar-refractivity contribution in [1.82, 2.24) is 0 Å². The van der Waals surface area contributed by atoms with Crippen LogP contribution in [0.1, 0.15) is 11.3 Å². The van der Waals surface area contributed by atoms with Crippen molar-refractivity contribution in [3.63, 3.8) is 0 Å². The van der Waals surface area contributed by atoms with E-state index in [1.807, 2.05) is 0 Å². The third kappa shape index (κ3) is 1.89. The molecule has 5 nitrogen and oxygen atoms in total. The lowest BCUT2D eigenvalue weighted by atomic mass is 10.0. The normalized spacial score (nSPS) is 11.1. The van der Waals surface area contributed by atoms with Crippen LogP contribution in [0.2, 0.25) is 0 Å². The number of hydrogen-bond acceptors (Lipinski definition) is 5. The Kier molecular flexibility index (Phi) is 3.20. The highest BCUT2D eigenvalue weighted by Gasteiger charge is 2.18. The minimum Gasteiger partial charge on any atom is -0.506 e. The molecule has 0 aliphatic carbocycles. The smallest absolute Gasteiger partial charge is 0.199 e. The number of benzene rings is 2. The molecule has 0 atom stereocenters. The van der Waals surface area contributed by atoms with Gasteiger partial charge < -0.3 is 19.0 Å². The van der Waals surface area contributed by atoms with E-state index in [9.17, 15) is 9.90 Å². The van der Waals surface area contributed by atoms with E-state index in [0.29, 0.717) is 39.2 Å². The van der Waals surface area contributed by atoms with Crippen molar-refractivity contribution in [2.45, 2.75) is 13.8 Å². The number of methoxy groups -OCH3 is 2. The minimum absolute atomic E-state index is 0.135. The number of aryl methyl sites for hydroxylation is 1. The van der Waals surface area contributed by atoms with Gasteiger partial charge in [0.1, 0.15) is 34.0 Å². The summed E-state index contributed by atoms with van der Waals surface area (Å²) in [5, 5.41) is 11.9. The van der Waals surface area contributed by atoms with E-state index < -0.39 is 0 Å². The van der Waals surface area contributed by atoms with E-state index in [4.69, 9.17) is 13.9 Å². The summed E-state index contributed by atoms with van der Waals surface area (Å²) >= 11 is 0. The van der Waals surface area contributed by atoms with Crippen LogP contribution in [0.4, 0.5) is 0 Å². The minimum atomic E-state index is -0.240. The van der Waals surface area contributed by atoms with Crippen molar-refractivity contribution in [3.05, 3.63) is 39.7 Å². The van der Waals surface area contributed by atoms with E-state index in [0.717, 1.165) is 0 Å². The second kappa shape index (κ2) is 4.94. The van der Waals surface area contributed by atoms with Gasteiger partial charge in [-0.1, -0.05) is 0 Å². The van der Waals surface area contributed by atoms with Gasteiger partial charge in [0.05, 0.1) is 19.6 Å². The van der Waals surface area contributed by atoms with Gasteiger partial charge in [0.25, 0.3) is 0 Å². The first-order valence-electron chi connectivity index (χ1n) is 6.79. The molecule has 1 heterocycles. The molecule has 114 valence electrons. The predicted molar refractivity (Wildman–Crippen MR) is 84.2 cm³/mol. The molecule has 0 radical (unpaired) electrons. The first-order chi connectivity index (χ1) is 10.5. The fourth-order valence-corrected chi connectivity index (χ4v) is 2.60. The zero-order valence-corrected chi connectivity index (χ0v) is 12.8. The van der Waals surface area contributed by atoms with Gasteiger partial charge >= 0.3 is 0 Å². The van der Waals surface area contributed by atoms with Gasteiger partial charge in [-0.3, -0.25) is 4.79 Å². The molecule has 0 saturated carbocycles. The van der Waals surface area contributed by atoms with Crippen molar-refractivity contribution in [1.29, 1.82) is 0 Å². The third-order valence-electron chi connectivity index (χ3n) is 3.93. The van der Waals surface area contributed by atoms with Gasteiger partial charge in [-0.15, -0.1) is 0 Å². The van der Waals surface area contributed by atoms with Gasteiger partial charge in [0.2, 0.25) is 0 Å². The van der Waals surface area contributed by atoms with Gasteiger partial charge in [0.15, 0.2) is 5.43 Å². The highest BCUT2D eigenvalue weighted by Crippen LogP contribution is 2.40. The van der Waals surface area contributed by atoms with Crippen LogP contribution in [0, 0.1) is 13.8 Å². The van der Waals surface area contributed by atoms with Crippen LogP contribution < -0.4 is 14.9 Å².